The summed E-state index contributed by atoms with van der Waals surface area (Å²) in [5.74, 6) is 0.106. The summed E-state index contributed by atoms with van der Waals surface area (Å²) in [6.45, 7) is 2.35. The maximum atomic E-state index is 12.9. The van der Waals surface area contributed by atoms with Crippen molar-refractivity contribution in [3.05, 3.63) is 30.1 Å². The Kier molecular flexibility index (Phi) is 3.64. The first kappa shape index (κ1) is 12.3. The van der Waals surface area contributed by atoms with Gasteiger partial charge in [0.2, 0.25) is 0 Å². The van der Waals surface area contributed by atoms with Crippen LogP contribution in [0.5, 0.6) is 5.75 Å². The SMILES string of the molecule is CC(O)(CNC1CC1)COc1cccc(F)c1. The van der Waals surface area contributed by atoms with Gasteiger partial charge in [0.25, 0.3) is 0 Å². The van der Waals surface area contributed by atoms with E-state index in [1.54, 1.807) is 19.1 Å². The Morgan fingerprint density at radius 2 is 2.29 bits per heavy atom. The van der Waals surface area contributed by atoms with Crippen LogP contribution in [0.2, 0.25) is 0 Å². The van der Waals surface area contributed by atoms with Crippen molar-refractivity contribution in [2.45, 2.75) is 31.4 Å². The van der Waals surface area contributed by atoms with E-state index in [9.17, 15) is 9.50 Å². The molecule has 1 atom stereocenters. The van der Waals surface area contributed by atoms with Crippen LogP contribution in [-0.2, 0) is 0 Å². The second-order valence-corrected chi connectivity index (χ2v) is 4.90. The van der Waals surface area contributed by atoms with Crippen LogP contribution in [0.15, 0.2) is 24.3 Å². The van der Waals surface area contributed by atoms with E-state index < -0.39 is 5.60 Å². The molecule has 0 bridgehead atoms. The maximum absolute atomic E-state index is 12.9. The lowest BCUT2D eigenvalue weighted by molar-refractivity contribution is 0.0119. The second kappa shape index (κ2) is 5.02. The van der Waals surface area contributed by atoms with Crippen molar-refractivity contribution in [1.82, 2.24) is 5.32 Å². The van der Waals surface area contributed by atoms with Gasteiger partial charge in [-0.3, -0.25) is 0 Å². The first-order chi connectivity index (χ1) is 8.05. The molecule has 1 unspecified atom stereocenters. The van der Waals surface area contributed by atoms with Gasteiger partial charge < -0.3 is 15.2 Å². The van der Waals surface area contributed by atoms with Crippen molar-refractivity contribution in [2.24, 2.45) is 0 Å². The third-order valence-corrected chi connectivity index (χ3v) is 2.69. The van der Waals surface area contributed by atoms with Gasteiger partial charge in [0, 0.05) is 18.7 Å². The van der Waals surface area contributed by atoms with Crippen LogP contribution in [0.25, 0.3) is 0 Å². The van der Waals surface area contributed by atoms with Gasteiger partial charge in [-0.25, -0.2) is 4.39 Å². The smallest absolute Gasteiger partial charge is 0.126 e. The number of hydrogen-bond acceptors (Lipinski definition) is 3. The van der Waals surface area contributed by atoms with Crippen molar-refractivity contribution >= 4 is 0 Å². The molecule has 94 valence electrons. The van der Waals surface area contributed by atoms with Crippen LogP contribution in [0.3, 0.4) is 0 Å². The minimum absolute atomic E-state index is 0.149. The van der Waals surface area contributed by atoms with Gasteiger partial charge in [0.05, 0.1) is 0 Å². The summed E-state index contributed by atoms with van der Waals surface area (Å²) >= 11 is 0. The Hall–Kier alpha value is -1.13. The Balaban J connectivity index is 1.78. The summed E-state index contributed by atoms with van der Waals surface area (Å²) in [4.78, 5) is 0. The Bertz CT molecular complexity index is 377. The minimum atomic E-state index is -0.936. The molecule has 4 heteroatoms. The second-order valence-electron chi connectivity index (χ2n) is 4.90. The van der Waals surface area contributed by atoms with E-state index in [0.717, 1.165) is 0 Å². The number of hydrogen-bond donors (Lipinski definition) is 2. The molecule has 0 spiro atoms. The summed E-state index contributed by atoms with van der Waals surface area (Å²) in [7, 11) is 0. The quantitative estimate of drug-likeness (QED) is 0.794. The molecule has 0 heterocycles. The van der Waals surface area contributed by atoms with E-state index in [1.165, 1.54) is 25.0 Å². The van der Waals surface area contributed by atoms with E-state index in [-0.39, 0.29) is 12.4 Å². The molecule has 0 radical (unpaired) electrons. The highest BCUT2D eigenvalue weighted by molar-refractivity contribution is 5.22. The molecular formula is C13H18FNO2. The molecule has 1 aliphatic rings. The van der Waals surface area contributed by atoms with Crippen LogP contribution in [0, 0.1) is 5.82 Å². The van der Waals surface area contributed by atoms with Crippen LogP contribution in [-0.4, -0.2) is 29.9 Å². The molecule has 0 aromatic heterocycles. The highest BCUT2D eigenvalue weighted by atomic mass is 19.1. The molecule has 3 nitrogen and oxygen atoms in total. The fourth-order valence-electron chi connectivity index (χ4n) is 1.50. The van der Waals surface area contributed by atoms with Crippen molar-refractivity contribution in [1.29, 1.82) is 0 Å². The molecule has 2 rings (SSSR count). The first-order valence-corrected chi connectivity index (χ1v) is 5.89. The average molecular weight is 239 g/mol. The summed E-state index contributed by atoms with van der Waals surface area (Å²) in [6.07, 6.45) is 2.36. The molecule has 0 amide bonds. The van der Waals surface area contributed by atoms with Crippen molar-refractivity contribution in [3.8, 4) is 5.75 Å². The molecular weight excluding hydrogens is 221 g/mol. The van der Waals surface area contributed by atoms with Crippen LogP contribution in [0.4, 0.5) is 4.39 Å². The molecule has 1 fully saturated rings. The molecule has 1 aromatic carbocycles. The number of ether oxygens (including phenoxy) is 1. The summed E-state index contributed by atoms with van der Waals surface area (Å²) in [6, 6.07) is 6.48. The number of halogens is 1. The number of rotatable bonds is 6. The highest BCUT2D eigenvalue weighted by Gasteiger charge is 2.27. The minimum Gasteiger partial charge on any atom is -0.490 e. The standard InChI is InChI=1S/C13H18FNO2/c1-13(16,8-15-11-5-6-11)9-17-12-4-2-3-10(14)7-12/h2-4,7,11,15-16H,5-6,8-9H2,1H3. The monoisotopic (exact) mass is 239 g/mol. The summed E-state index contributed by atoms with van der Waals surface area (Å²) in [5.41, 5.74) is -0.936. The predicted molar refractivity (Wildman–Crippen MR) is 63.5 cm³/mol. The van der Waals surface area contributed by atoms with Crippen LogP contribution in [0.1, 0.15) is 19.8 Å². The predicted octanol–water partition coefficient (Wildman–Crippen LogP) is 1.71. The van der Waals surface area contributed by atoms with Gasteiger partial charge in [0.1, 0.15) is 23.8 Å². The normalized spacial score (nSPS) is 18.8. The first-order valence-electron chi connectivity index (χ1n) is 5.89. The lowest BCUT2D eigenvalue weighted by atomic mass is 10.1. The fraction of sp³-hybridized carbons (Fsp3) is 0.538. The van der Waals surface area contributed by atoms with Gasteiger partial charge in [-0.15, -0.1) is 0 Å². The largest absolute Gasteiger partial charge is 0.490 e. The summed E-state index contributed by atoms with van der Waals surface area (Å²) in [5, 5.41) is 13.3. The van der Waals surface area contributed by atoms with Gasteiger partial charge in [0.15, 0.2) is 0 Å². The van der Waals surface area contributed by atoms with Crippen molar-refractivity contribution in [3.63, 3.8) is 0 Å². The number of aliphatic hydroxyl groups is 1. The van der Waals surface area contributed by atoms with E-state index in [4.69, 9.17) is 4.74 Å². The fourth-order valence-corrected chi connectivity index (χ4v) is 1.50. The van der Waals surface area contributed by atoms with E-state index in [2.05, 4.69) is 5.32 Å². The van der Waals surface area contributed by atoms with E-state index >= 15 is 0 Å². The maximum Gasteiger partial charge on any atom is 0.126 e. The Labute approximate surface area is 101 Å². The zero-order valence-corrected chi connectivity index (χ0v) is 9.95. The molecule has 1 aromatic rings. The third kappa shape index (κ3) is 4.32. The molecule has 17 heavy (non-hydrogen) atoms. The lowest BCUT2D eigenvalue weighted by Crippen LogP contribution is -2.43. The number of nitrogens with one attached hydrogen (secondary N) is 1. The topological polar surface area (TPSA) is 41.5 Å². The Morgan fingerprint density at radius 1 is 1.53 bits per heavy atom. The molecule has 0 aliphatic heterocycles. The van der Waals surface area contributed by atoms with Gasteiger partial charge in [-0.1, -0.05) is 6.07 Å². The van der Waals surface area contributed by atoms with Gasteiger partial charge >= 0.3 is 0 Å². The van der Waals surface area contributed by atoms with Crippen LogP contribution >= 0.6 is 0 Å². The lowest BCUT2D eigenvalue weighted by Gasteiger charge is -2.24. The van der Waals surface area contributed by atoms with Crippen molar-refractivity contribution < 1.29 is 14.2 Å². The van der Waals surface area contributed by atoms with E-state index in [0.29, 0.717) is 18.3 Å². The highest BCUT2D eigenvalue weighted by Crippen LogP contribution is 2.20. The third-order valence-electron chi connectivity index (χ3n) is 2.69. The molecule has 0 saturated heterocycles. The Morgan fingerprint density at radius 3 is 2.94 bits per heavy atom. The van der Waals surface area contributed by atoms with Gasteiger partial charge in [-0.05, 0) is 31.9 Å². The zero-order chi connectivity index (χ0) is 12.3. The number of benzene rings is 1. The van der Waals surface area contributed by atoms with E-state index in [1.807, 2.05) is 0 Å². The molecule has 2 N–H and O–H groups in total. The molecule has 1 saturated carbocycles. The van der Waals surface area contributed by atoms with Crippen LogP contribution < -0.4 is 10.1 Å². The average Bonchev–Trinajstić information content (AvgIpc) is 3.08. The summed E-state index contributed by atoms with van der Waals surface area (Å²) < 4.78 is 18.3. The zero-order valence-electron chi connectivity index (χ0n) is 9.95. The van der Waals surface area contributed by atoms with Gasteiger partial charge in [-0.2, -0.15) is 0 Å². The molecule has 1 aliphatic carbocycles. The van der Waals surface area contributed by atoms with Crippen molar-refractivity contribution in [2.75, 3.05) is 13.2 Å².